The molecule has 2 aliphatic heterocycles. The van der Waals surface area contributed by atoms with Crippen LogP contribution in [-0.2, 0) is 4.74 Å². The highest BCUT2D eigenvalue weighted by molar-refractivity contribution is 5.98. The molecule has 164 valence electrons. The Hall–Kier alpha value is -3.04. The van der Waals surface area contributed by atoms with Gasteiger partial charge in [-0.1, -0.05) is 30.3 Å². The summed E-state index contributed by atoms with van der Waals surface area (Å²) in [5, 5.41) is 5.34. The van der Waals surface area contributed by atoms with Crippen molar-refractivity contribution in [3.63, 3.8) is 0 Å². The molecule has 2 aromatic carbocycles. The first-order valence-corrected chi connectivity index (χ1v) is 10.2. The molecule has 0 spiro atoms. The molecule has 0 bridgehead atoms. The molecule has 2 fully saturated rings. The third-order valence-corrected chi connectivity index (χ3v) is 5.56. The van der Waals surface area contributed by atoms with Gasteiger partial charge in [-0.05, 0) is 11.6 Å². The van der Waals surface area contributed by atoms with Gasteiger partial charge in [0.15, 0.2) is 0 Å². The molecule has 4 rings (SSSR count). The first kappa shape index (κ1) is 21.2. The Morgan fingerprint density at radius 2 is 1.84 bits per heavy atom. The second kappa shape index (κ2) is 9.40. The van der Waals surface area contributed by atoms with E-state index in [1.807, 2.05) is 30.3 Å². The van der Waals surface area contributed by atoms with Crippen molar-refractivity contribution in [2.45, 2.75) is 6.04 Å². The van der Waals surface area contributed by atoms with Crippen molar-refractivity contribution in [1.29, 1.82) is 0 Å². The summed E-state index contributed by atoms with van der Waals surface area (Å²) in [5.74, 6) is -2.52. The van der Waals surface area contributed by atoms with Crippen molar-refractivity contribution in [2.24, 2.45) is 0 Å². The Labute approximate surface area is 179 Å². The van der Waals surface area contributed by atoms with Gasteiger partial charge in [0, 0.05) is 38.8 Å². The maximum atomic E-state index is 14.4. The van der Waals surface area contributed by atoms with Gasteiger partial charge in [-0.15, -0.1) is 0 Å². The number of nitrogens with zero attached hydrogens (tertiary/aromatic N) is 2. The van der Waals surface area contributed by atoms with Crippen molar-refractivity contribution in [2.75, 3.05) is 50.8 Å². The van der Waals surface area contributed by atoms with Gasteiger partial charge in [0.1, 0.15) is 11.6 Å². The van der Waals surface area contributed by atoms with Gasteiger partial charge < -0.3 is 15.4 Å². The van der Waals surface area contributed by atoms with E-state index in [1.165, 1.54) is 0 Å². The Kier molecular flexibility index (Phi) is 6.43. The number of ether oxygens (including phenoxy) is 1. The van der Waals surface area contributed by atoms with E-state index in [-0.39, 0.29) is 30.4 Å². The second-order valence-electron chi connectivity index (χ2n) is 7.45. The van der Waals surface area contributed by atoms with Crippen LogP contribution in [0, 0.1) is 11.6 Å². The molecule has 2 saturated heterocycles. The van der Waals surface area contributed by atoms with Gasteiger partial charge in [-0.3, -0.25) is 14.6 Å². The molecule has 0 aromatic heterocycles. The van der Waals surface area contributed by atoms with E-state index in [0.717, 1.165) is 16.5 Å². The van der Waals surface area contributed by atoms with Gasteiger partial charge in [0.25, 0.3) is 5.91 Å². The molecule has 31 heavy (non-hydrogen) atoms. The minimum absolute atomic E-state index is 0.110. The number of anilines is 1. The zero-order chi connectivity index (χ0) is 21.8. The highest BCUT2D eigenvalue weighted by Gasteiger charge is 2.28. The zero-order valence-corrected chi connectivity index (χ0v) is 16.9. The molecule has 2 N–H and O–H groups in total. The Balaban J connectivity index is 1.53. The predicted octanol–water partition coefficient (Wildman–Crippen LogP) is 2.30. The monoisotopic (exact) mass is 430 g/mol. The average Bonchev–Trinajstić information content (AvgIpc) is 3.21. The van der Waals surface area contributed by atoms with E-state index in [1.54, 1.807) is 0 Å². The number of benzene rings is 2. The van der Waals surface area contributed by atoms with E-state index in [4.69, 9.17) is 4.74 Å². The molecular weight excluding hydrogens is 406 g/mol. The minimum Gasteiger partial charge on any atom is -0.379 e. The van der Waals surface area contributed by atoms with Crippen LogP contribution in [0.3, 0.4) is 0 Å². The van der Waals surface area contributed by atoms with Crippen LogP contribution in [0.4, 0.5) is 19.3 Å². The molecule has 1 atom stereocenters. The predicted molar refractivity (Wildman–Crippen MR) is 111 cm³/mol. The summed E-state index contributed by atoms with van der Waals surface area (Å²) in [6, 6.07) is 10.9. The Bertz CT molecular complexity index is 951. The number of carbonyl (C=O) groups excluding carboxylic acids is 2. The van der Waals surface area contributed by atoms with Crippen molar-refractivity contribution in [3.05, 3.63) is 65.2 Å². The number of hydrogen-bond donors (Lipinski definition) is 2. The van der Waals surface area contributed by atoms with Crippen molar-refractivity contribution < 1.29 is 23.1 Å². The van der Waals surface area contributed by atoms with Gasteiger partial charge in [0.2, 0.25) is 0 Å². The fraction of sp³-hybridized carbons (Fsp3) is 0.364. The number of hydrogen-bond acceptors (Lipinski definition) is 4. The molecule has 2 heterocycles. The lowest BCUT2D eigenvalue weighted by molar-refractivity contribution is 0.0162. The molecule has 0 aliphatic carbocycles. The fourth-order valence-electron chi connectivity index (χ4n) is 3.93. The molecule has 3 amide bonds. The number of nitrogens with one attached hydrogen (secondary N) is 2. The first-order valence-electron chi connectivity index (χ1n) is 10.2. The van der Waals surface area contributed by atoms with E-state index >= 15 is 0 Å². The van der Waals surface area contributed by atoms with E-state index in [9.17, 15) is 18.4 Å². The number of halogens is 2. The summed E-state index contributed by atoms with van der Waals surface area (Å²) < 4.78 is 34.1. The van der Waals surface area contributed by atoms with Gasteiger partial charge in [-0.2, -0.15) is 0 Å². The lowest BCUT2D eigenvalue weighted by atomic mass is 10.0. The van der Waals surface area contributed by atoms with Crippen LogP contribution in [-0.4, -0.2) is 62.8 Å². The van der Waals surface area contributed by atoms with Crippen molar-refractivity contribution in [3.8, 4) is 0 Å². The second-order valence-corrected chi connectivity index (χ2v) is 7.45. The largest absolute Gasteiger partial charge is 0.379 e. The van der Waals surface area contributed by atoms with Crippen molar-refractivity contribution in [1.82, 2.24) is 15.5 Å². The van der Waals surface area contributed by atoms with E-state index < -0.39 is 23.6 Å². The average molecular weight is 430 g/mol. The summed E-state index contributed by atoms with van der Waals surface area (Å²) in [6.45, 7) is 3.49. The number of urea groups is 1. The summed E-state index contributed by atoms with van der Waals surface area (Å²) in [7, 11) is 0. The number of rotatable bonds is 6. The zero-order valence-electron chi connectivity index (χ0n) is 16.9. The van der Waals surface area contributed by atoms with Crippen LogP contribution in [0.25, 0.3) is 0 Å². The maximum Gasteiger partial charge on any atom is 0.322 e. The highest BCUT2D eigenvalue weighted by Crippen LogP contribution is 2.26. The summed E-state index contributed by atoms with van der Waals surface area (Å²) >= 11 is 0. The fourth-order valence-corrected chi connectivity index (χ4v) is 3.93. The first-order chi connectivity index (χ1) is 15.0. The molecule has 0 saturated carbocycles. The van der Waals surface area contributed by atoms with E-state index in [2.05, 4.69) is 15.5 Å². The van der Waals surface area contributed by atoms with Crippen molar-refractivity contribution >= 4 is 17.6 Å². The quantitative estimate of drug-likeness (QED) is 0.738. The molecule has 2 aromatic rings. The summed E-state index contributed by atoms with van der Waals surface area (Å²) in [5.41, 5.74) is 0.609. The Morgan fingerprint density at radius 3 is 2.52 bits per heavy atom. The third-order valence-electron chi connectivity index (χ3n) is 5.56. The van der Waals surface area contributed by atoms with Crippen LogP contribution in [0.15, 0.2) is 42.5 Å². The SMILES string of the molecule is O=C(NC[C@H](c1ccccc1)N1CCOCC1)c1cc(N2CCNC2=O)c(F)cc1F. The molecule has 0 unspecified atom stereocenters. The highest BCUT2D eigenvalue weighted by atomic mass is 19.1. The van der Waals surface area contributed by atoms with Crippen LogP contribution in [0.1, 0.15) is 22.0 Å². The molecule has 0 radical (unpaired) electrons. The minimum atomic E-state index is -0.971. The number of morpholine rings is 1. The number of amides is 3. The molecular formula is C22H24F2N4O3. The van der Waals surface area contributed by atoms with Crippen LogP contribution in [0.2, 0.25) is 0 Å². The van der Waals surface area contributed by atoms with Gasteiger partial charge in [-0.25, -0.2) is 13.6 Å². The summed E-state index contributed by atoms with van der Waals surface area (Å²) in [6.07, 6.45) is 0. The lowest BCUT2D eigenvalue weighted by Crippen LogP contribution is -2.44. The molecule has 2 aliphatic rings. The Morgan fingerprint density at radius 1 is 1.10 bits per heavy atom. The maximum absolute atomic E-state index is 14.4. The van der Waals surface area contributed by atoms with Gasteiger partial charge >= 0.3 is 6.03 Å². The van der Waals surface area contributed by atoms with E-state index in [0.29, 0.717) is 38.9 Å². The molecule has 7 nitrogen and oxygen atoms in total. The summed E-state index contributed by atoms with van der Waals surface area (Å²) in [4.78, 5) is 28.1. The lowest BCUT2D eigenvalue weighted by Gasteiger charge is -2.35. The van der Waals surface area contributed by atoms with Crippen LogP contribution >= 0.6 is 0 Å². The smallest absolute Gasteiger partial charge is 0.322 e. The van der Waals surface area contributed by atoms with Crippen LogP contribution in [0.5, 0.6) is 0 Å². The van der Waals surface area contributed by atoms with Gasteiger partial charge in [0.05, 0.1) is 30.5 Å². The number of carbonyl (C=O) groups is 2. The topological polar surface area (TPSA) is 73.9 Å². The standard InChI is InChI=1S/C22H24F2N4O3/c23-17-13-18(24)19(28-7-6-25-22(28)30)12-16(17)21(29)26-14-20(15-4-2-1-3-5-15)27-8-10-31-11-9-27/h1-5,12-13,20H,6-11,14H2,(H,25,30)(H,26,29)/t20-/m1/s1. The van der Waals surface area contributed by atoms with Crippen LogP contribution < -0.4 is 15.5 Å². The normalized spacial score (nSPS) is 18.0. The molecule has 9 heteroatoms. The third kappa shape index (κ3) is 4.67.